The zero-order valence-corrected chi connectivity index (χ0v) is 28.9. The van der Waals surface area contributed by atoms with Gasteiger partial charge in [0, 0.05) is 36.6 Å². The lowest BCUT2D eigenvalue weighted by Crippen LogP contribution is -2.54. The predicted octanol–water partition coefficient (Wildman–Crippen LogP) is 3.80. The van der Waals surface area contributed by atoms with Crippen LogP contribution in [0.25, 0.3) is 0 Å². The number of hydrogen-bond donors (Lipinski definition) is 4. The minimum atomic E-state index is -0.975. The number of amides is 3. The highest BCUT2D eigenvalue weighted by Gasteiger charge is 2.30. The van der Waals surface area contributed by atoms with Crippen molar-refractivity contribution >= 4 is 45.5 Å². The third-order valence-electron chi connectivity index (χ3n) is 7.65. The molecule has 3 amide bonds. The number of aromatic nitrogens is 2. The Morgan fingerprint density at radius 1 is 0.851 bits per heavy atom. The number of aliphatic hydroxyl groups excluding tert-OH is 1. The molecular weight excluding hydrogens is 633 g/mol. The SMILES string of the molecule is CC(C)[C@H](NC(=O)Cc1csc(N(C)C)n1)C(=O)N[C@@H](Cc1ccccc1)C[C@H](O)[C@H](Cc1ccccc1)NC(=O)Cc1cncs1. The summed E-state index contributed by atoms with van der Waals surface area (Å²) in [5.74, 6) is -1.02. The van der Waals surface area contributed by atoms with E-state index < -0.39 is 24.2 Å². The maximum absolute atomic E-state index is 13.8. The number of carbonyl (C=O) groups is 3. The molecule has 0 aliphatic heterocycles. The van der Waals surface area contributed by atoms with Crippen molar-refractivity contribution in [3.63, 3.8) is 0 Å². The van der Waals surface area contributed by atoms with E-state index in [1.165, 1.54) is 22.7 Å². The van der Waals surface area contributed by atoms with Gasteiger partial charge in [-0.2, -0.15) is 0 Å². The normalized spacial score (nSPS) is 13.7. The summed E-state index contributed by atoms with van der Waals surface area (Å²) in [7, 11) is 3.79. The molecule has 10 nitrogen and oxygen atoms in total. The predicted molar refractivity (Wildman–Crippen MR) is 188 cm³/mol. The molecule has 12 heteroatoms. The van der Waals surface area contributed by atoms with Crippen molar-refractivity contribution in [3.05, 3.63) is 99.4 Å². The number of rotatable bonds is 17. The van der Waals surface area contributed by atoms with Gasteiger partial charge in [0.15, 0.2) is 5.13 Å². The van der Waals surface area contributed by atoms with Gasteiger partial charge in [0.25, 0.3) is 0 Å². The number of hydrogen-bond acceptors (Lipinski definition) is 9. The van der Waals surface area contributed by atoms with Crippen LogP contribution in [-0.2, 0) is 40.1 Å². The van der Waals surface area contributed by atoms with Crippen molar-refractivity contribution in [2.45, 2.75) is 70.2 Å². The number of carbonyl (C=O) groups excluding carboxylic acids is 3. The fourth-order valence-corrected chi connectivity index (χ4v) is 6.59. The Hall–Kier alpha value is -4.13. The second kappa shape index (κ2) is 17.7. The fourth-order valence-electron chi connectivity index (χ4n) is 5.24. The summed E-state index contributed by atoms with van der Waals surface area (Å²) in [5, 5.41) is 23.4. The maximum Gasteiger partial charge on any atom is 0.243 e. The second-order valence-electron chi connectivity index (χ2n) is 12.2. The van der Waals surface area contributed by atoms with Crippen molar-refractivity contribution in [2.24, 2.45) is 5.92 Å². The highest BCUT2D eigenvalue weighted by molar-refractivity contribution is 7.13. The van der Waals surface area contributed by atoms with Gasteiger partial charge >= 0.3 is 0 Å². The van der Waals surface area contributed by atoms with Gasteiger partial charge in [-0.3, -0.25) is 19.4 Å². The smallest absolute Gasteiger partial charge is 0.243 e. The average Bonchev–Trinajstić information content (AvgIpc) is 3.73. The van der Waals surface area contributed by atoms with Crippen molar-refractivity contribution in [1.82, 2.24) is 25.9 Å². The fraction of sp³-hybridized carbons (Fsp3) is 0.400. The monoisotopic (exact) mass is 676 g/mol. The van der Waals surface area contributed by atoms with Crippen LogP contribution in [0.15, 0.2) is 77.8 Å². The molecule has 2 heterocycles. The van der Waals surface area contributed by atoms with Gasteiger partial charge in [0.2, 0.25) is 17.7 Å². The van der Waals surface area contributed by atoms with Gasteiger partial charge in [-0.1, -0.05) is 74.5 Å². The quantitative estimate of drug-likeness (QED) is 0.134. The Bertz CT molecular complexity index is 1550. The molecule has 0 saturated heterocycles. The molecule has 2 aromatic heterocycles. The lowest BCUT2D eigenvalue weighted by Gasteiger charge is -2.30. The third kappa shape index (κ3) is 11.6. The van der Waals surface area contributed by atoms with Crippen LogP contribution in [-0.4, -0.2) is 71.1 Å². The molecule has 0 aliphatic rings. The summed E-state index contributed by atoms with van der Waals surface area (Å²) >= 11 is 2.86. The molecule has 0 unspecified atom stereocenters. The van der Waals surface area contributed by atoms with E-state index in [-0.39, 0.29) is 42.9 Å². The first-order valence-electron chi connectivity index (χ1n) is 15.7. The van der Waals surface area contributed by atoms with E-state index in [2.05, 4.69) is 25.9 Å². The van der Waals surface area contributed by atoms with Crippen LogP contribution in [0.2, 0.25) is 0 Å². The summed E-state index contributed by atoms with van der Waals surface area (Å²) in [6.07, 6.45) is 1.98. The topological polar surface area (TPSA) is 137 Å². The van der Waals surface area contributed by atoms with Crippen LogP contribution >= 0.6 is 22.7 Å². The van der Waals surface area contributed by atoms with E-state index in [1.807, 2.05) is 98.9 Å². The highest BCUT2D eigenvalue weighted by Crippen LogP contribution is 2.19. The van der Waals surface area contributed by atoms with E-state index in [9.17, 15) is 19.5 Å². The Morgan fingerprint density at radius 2 is 1.49 bits per heavy atom. The number of nitrogens with zero attached hydrogens (tertiary/aromatic N) is 3. The summed E-state index contributed by atoms with van der Waals surface area (Å²) in [4.78, 5) is 51.1. The molecule has 0 aliphatic carbocycles. The molecule has 0 bridgehead atoms. The molecule has 4 rings (SSSR count). The van der Waals surface area contributed by atoms with Gasteiger partial charge in [-0.15, -0.1) is 22.7 Å². The number of anilines is 1. The van der Waals surface area contributed by atoms with E-state index in [1.54, 1.807) is 11.7 Å². The van der Waals surface area contributed by atoms with Crippen molar-refractivity contribution in [1.29, 1.82) is 0 Å². The molecule has 4 N–H and O–H groups in total. The van der Waals surface area contributed by atoms with Crippen LogP contribution in [0.1, 0.15) is 42.0 Å². The molecular formula is C35H44N6O4S2. The Kier molecular flexibility index (Phi) is 13.4. The van der Waals surface area contributed by atoms with Crippen molar-refractivity contribution < 1.29 is 19.5 Å². The summed E-state index contributed by atoms with van der Waals surface area (Å²) < 4.78 is 0. The van der Waals surface area contributed by atoms with Crippen LogP contribution in [0.4, 0.5) is 5.13 Å². The number of aliphatic hydroxyl groups is 1. The third-order valence-corrected chi connectivity index (χ3v) is 9.49. The number of nitrogens with one attached hydrogen (secondary N) is 3. The van der Waals surface area contributed by atoms with Crippen LogP contribution in [0.3, 0.4) is 0 Å². The molecule has 250 valence electrons. The summed E-state index contributed by atoms with van der Waals surface area (Å²) in [6, 6.07) is 17.6. The van der Waals surface area contributed by atoms with Gasteiger partial charge in [-0.25, -0.2) is 4.98 Å². The van der Waals surface area contributed by atoms with E-state index in [4.69, 9.17) is 0 Å². The van der Waals surface area contributed by atoms with Crippen molar-refractivity contribution in [2.75, 3.05) is 19.0 Å². The van der Waals surface area contributed by atoms with Crippen LogP contribution in [0, 0.1) is 5.92 Å². The summed E-state index contributed by atoms with van der Waals surface area (Å²) in [5.41, 5.74) is 4.29. The number of benzene rings is 2. The average molecular weight is 677 g/mol. The first kappa shape index (κ1) is 35.7. The zero-order chi connectivity index (χ0) is 33.8. The lowest BCUT2D eigenvalue weighted by molar-refractivity contribution is -0.130. The van der Waals surface area contributed by atoms with Crippen LogP contribution in [0.5, 0.6) is 0 Å². The molecule has 0 spiro atoms. The second-order valence-corrected chi connectivity index (χ2v) is 14.0. The van der Waals surface area contributed by atoms with E-state index in [0.717, 1.165) is 21.1 Å². The highest BCUT2D eigenvalue weighted by atomic mass is 32.1. The van der Waals surface area contributed by atoms with Gasteiger partial charge in [-0.05, 0) is 36.3 Å². The number of thiazole rings is 2. The molecule has 0 radical (unpaired) electrons. The molecule has 47 heavy (non-hydrogen) atoms. The van der Waals surface area contributed by atoms with E-state index >= 15 is 0 Å². The Balaban J connectivity index is 1.48. The largest absolute Gasteiger partial charge is 0.391 e. The molecule has 0 fully saturated rings. The Morgan fingerprint density at radius 3 is 2.06 bits per heavy atom. The lowest BCUT2D eigenvalue weighted by atomic mass is 9.93. The first-order chi connectivity index (χ1) is 22.6. The van der Waals surface area contributed by atoms with Gasteiger partial charge in [0.05, 0.1) is 36.2 Å². The first-order valence-corrected chi connectivity index (χ1v) is 17.5. The molecule has 2 aromatic carbocycles. The van der Waals surface area contributed by atoms with Gasteiger partial charge in [0.1, 0.15) is 6.04 Å². The minimum absolute atomic E-state index is 0.0649. The summed E-state index contributed by atoms with van der Waals surface area (Å²) in [6.45, 7) is 3.76. The molecule has 4 atom stereocenters. The molecule has 0 saturated carbocycles. The van der Waals surface area contributed by atoms with E-state index in [0.29, 0.717) is 18.5 Å². The zero-order valence-electron chi connectivity index (χ0n) is 27.3. The standard InChI is InChI=1S/C35H44N6O4S2/c1-23(2)33(40-31(43)18-27-21-46-35(38-27)41(3)4)34(45)37-26(15-24-11-7-5-8-12-24)17-30(42)29(16-25-13-9-6-10-14-25)39-32(44)19-28-20-36-22-47-28/h5-14,20-23,26,29-30,33,42H,15-19H2,1-4H3,(H,37,45)(H,39,44)(H,40,43)/t26-,29-,30-,33-/m0/s1. The van der Waals surface area contributed by atoms with Crippen molar-refractivity contribution in [3.8, 4) is 0 Å². The maximum atomic E-state index is 13.8. The Labute approximate surface area is 284 Å². The van der Waals surface area contributed by atoms with Gasteiger partial charge < -0.3 is 26.0 Å². The minimum Gasteiger partial charge on any atom is -0.391 e. The van der Waals surface area contributed by atoms with Crippen LogP contribution < -0.4 is 20.9 Å². The molecule has 4 aromatic rings.